The summed E-state index contributed by atoms with van der Waals surface area (Å²) in [4.78, 5) is 40.0. The average Bonchev–Trinajstić information content (AvgIpc) is 3.06. The number of hydrogen-bond acceptors (Lipinski definition) is 7. The van der Waals surface area contributed by atoms with Gasteiger partial charge in [-0.25, -0.2) is 0 Å². The Morgan fingerprint density at radius 1 is 1.21 bits per heavy atom. The van der Waals surface area contributed by atoms with Gasteiger partial charge >= 0.3 is 0 Å². The van der Waals surface area contributed by atoms with Crippen molar-refractivity contribution in [2.75, 3.05) is 31.3 Å². The molecule has 2 aromatic rings. The number of thioether (sulfide) groups is 2. The predicted molar refractivity (Wildman–Crippen MR) is 141 cm³/mol. The van der Waals surface area contributed by atoms with Gasteiger partial charge in [0.2, 0.25) is 5.91 Å². The number of rotatable bonds is 10. The number of ether oxygens (including phenoxy) is 2. The van der Waals surface area contributed by atoms with Crippen LogP contribution in [-0.4, -0.2) is 48.0 Å². The SMILES string of the molecule is CCCOc1c(Br)cc(/C=C2\SC(=O)N(CC(=O)Nc3cccc(SC)c3)C2=O)cc1OCC. The standard InChI is InChI=1S/C24H25BrN2O5S2/c1-4-9-32-22-18(25)10-15(11-19(22)31-5-2)12-20-23(29)27(24(30)34-20)14-21(28)26-16-7-6-8-17(13-16)33-3/h6-8,10-13H,4-5,9,14H2,1-3H3,(H,26,28)/b20-12-. The number of benzene rings is 2. The lowest BCUT2D eigenvalue weighted by Gasteiger charge is -2.14. The molecule has 1 N–H and O–H groups in total. The Balaban J connectivity index is 1.75. The van der Waals surface area contributed by atoms with Crippen LogP contribution < -0.4 is 14.8 Å². The van der Waals surface area contributed by atoms with E-state index in [1.54, 1.807) is 36.0 Å². The molecule has 0 spiro atoms. The number of nitrogens with one attached hydrogen (secondary N) is 1. The van der Waals surface area contributed by atoms with Crippen LogP contribution in [0.15, 0.2) is 50.7 Å². The van der Waals surface area contributed by atoms with E-state index in [0.29, 0.717) is 40.4 Å². The molecule has 1 aliphatic rings. The summed E-state index contributed by atoms with van der Waals surface area (Å²) in [6.45, 7) is 4.52. The van der Waals surface area contributed by atoms with E-state index in [4.69, 9.17) is 9.47 Å². The second kappa shape index (κ2) is 12.3. The monoisotopic (exact) mass is 564 g/mol. The highest BCUT2D eigenvalue weighted by atomic mass is 79.9. The van der Waals surface area contributed by atoms with Crippen LogP contribution in [0.25, 0.3) is 6.08 Å². The number of nitrogens with zero attached hydrogens (tertiary/aromatic N) is 1. The van der Waals surface area contributed by atoms with Crippen molar-refractivity contribution in [3.8, 4) is 11.5 Å². The second-order valence-corrected chi connectivity index (χ2v) is 9.89. The molecule has 0 radical (unpaired) electrons. The minimum Gasteiger partial charge on any atom is -0.490 e. The summed E-state index contributed by atoms with van der Waals surface area (Å²) in [5.41, 5.74) is 1.28. The smallest absolute Gasteiger partial charge is 0.294 e. The molecule has 0 aromatic heterocycles. The topological polar surface area (TPSA) is 84.9 Å². The van der Waals surface area contributed by atoms with Gasteiger partial charge in [-0.2, -0.15) is 0 Å². The molecule has 1 saturated heterocycles. The zero-order valence-electron chi connectivity index (χ0n) is 19.1. The number of carbonyl (C=O) groups is 3. The van der Waals surface area contributed by atoms with Crippen LogP contribution in [0.4, 0.5) is 10.5 Å². The van der Waals surface area contributed by atoms with Gasteiger partial charge in [0.15, 0.2) is 11.5 Å². The molecule has 0 atom stereocenters. The molecule has 34 heavy (non-hydrogen) atoms. The largest absolute Gasteiger partial charge is 0.490 e. The quantitative estimate of drug-likeness (QED) is 0.278. The van der Waals surface area contributed by atoms with Crippen molar-refractivity contribution in [1.82, 2.24) is 4.90 Å². The molecule has 10 heteroatoms. The fourth-order valence-corrected chi connectivity index (χ4v) is 4.98. The first kappa shape index (κ1) is 26.2. The predicted octanol–water partition coefficient (Wildman–Crippen LogP) is 6.03. The lowest BCUT2D eigenvalue weighted by molar-refractivity contribution is -0.127. The van der Waals surface area contributed by atoms with Crippen LogP contribution in [0.1, 0.15) is 25.8 Å². The highest BCUT2D eigenvalue weighted by molar-refractivity contribution is 9.10. The van der Waals surface area contributed by atoms with E-state index in [9.17, 15) is 14.4 Å². The van der Waals surface area contributed by atoms with Gasteiger partial charge in [0.25, 0.3) is 11.1 Å². The zero-order valence-corrected chi connectivity index (χ0v) is 22.3. The fourth-order valence-electron chi connectivity index (χ4n) is 3.11. The summed E-state index contributed by atoms with van der Waals surface area (Å²) in [5, 5.41) is 2.25. The Bertz CT molecular complexity index is 1120. The molecular weight excluding hydrogens is 540 g/mol. The Hall–Kier alpha value is -2.43. The maximum absolute atomic E-state index is 12.9. The van der Waals surface area contributed by atoms with Gasteiger partial charge in [0, 0.05) is 10.6 Å². The molecule has 180 valence electrons. The van der Waals surface area contributed by atoms with E-state index in [1.807, 2.05) is 38.3 Å². The first-order valence-corrected chi connectivity index (χ1v) is 13.5. The van der Waals surface area contributed by atoms with Crippen LogP contribution in [0.5, 0.6) is 11.5 Å². The van der Waals surface area contributed by atoms with Crippen LogP contribution in [0.2, 0.25) is 0 Å². The Labute approximate surface area is 215 Å². The van der Waals surface area contributed by atoms with Crippen molar-refractivity contribution < 1.29 is 23.9 Å². The molecule has 2 aromatic carbocycles. The minimum absolute atomic E-state index is 0.235. The van der Waals surface area contributed by atoms with Crippen LogP contribution in [0.3, 0.4) is 0 Å². The summed E-state index contributed by atoms with van der Waals surface area (Å²) >= 11 is 5.86. The summed E-state index contributed by atoms with van der Waals surface area (Å²) in [6, 6.07) is 10.9. The van der Waals surface area contributed by atoms with Crippen molar-refractivity contribution in [3.63, 3.8) is 0 Å². The molecule has 1 aliphatic heterocycles. The summed E-state index contributed by atoms with van der Waals surface area (Å²) in [6.07, 6.45) is 4.40. The number of hydrogen-bond donors (Lipinski definition) is 1. The summed E-state index contributed by atoms with van der Waals surface area (Å²) < 4.78 is 12.2. The lowest BCUT2D eigenvalue weighted by Crippen LogP contribution is -2.36. The Kier molecular flexibility index (Phi) is 9.49. The molecule has 7 nitrogen and oxygen atoms in total. The van der Waals surface area contributed by atoms with Gasteiger partial charge in [-0.1, -0.05) is 13.0 Å². The minimum atomic E-state index is -0.511. The highest BCUT2D eigenvalue weighted by Crippen LogP contribution is 2.39. The maximum Gasteiger partial charge on any atom is 0.294 e. The van der Waals surface area contributed by atoms with Crippen molar-refractivity contribution in [2.24, 2.45) is 0 Å². The summed E-state index contributed by atoms with van der Waals surface area (Å²) in [5.74, 6) is 0.183. The fraction of sp³-hybridized carbons (Fsp3) is 0.292. The normalized spacial score (nSPS) is 14.6. The molecule has 0 bridgehead atoms. The van der Waals surface area contributed by atoms with Crippen LogP contribution >= 0.6 is 39.5 Å². The number of imide groups is 1. The zero-order chi connectivity index (χ0) is 24.7. The molecule has 3 rings (SSSR count). The number of amides is 3. The van der Waals surface area contributed by atoms with E-state index in [-0.39, 0.29) is 11.4 Å². The van der Waals surface area contributed by atoms with Crippen molar-refractivity contribution in [2.45, 2.75) is 25.2 Å². The molecule has 0 saturated carbocycles. The molecular formula is C24H25BrN2O5S2. The molecule has 0 aliphatic carbocycles. The van der Waals surface area contributed by atoms with Crippen molar-refractivity contribution >= 4 is 68.3 Å². The van der Waals surface area contributed by atoms with Crippen molar-refractivity contribution in [1.29, 1.82) is 0 Å². The van der Waals surface area contributed by atoms with E-state index in [1.165, 1.54) is 0 Å². The molecule has 3 amide bonds. The van der Waals surface area contributed by atoms with Crippen molar-refractivity contribution in [3.05, 3.63) is 51.3 Å². The molecule has 0 unspecified atom stereocenters. The first-order valence-electron chi connectivity index (χ1n) is 10.6. The number of carbonyl (C=O) groups excluding carboxylic acids is 3. The third-order valence-corrected chi connectivity index (χ3v) is 6.83. The van der Waals surface area contributed by atoms with Crippen LogP contribution in [-0.2, 0) is 9.59 Å². The average molecular weight is 566 g/mol. The molecule has 1 fully saturated rings. The van der Waals surface area contributed by atoms with Gasteiger partial charge in [-0.15, -0.1) is 11.8 Å². The van der Waals surface area contributed by atoms with Gasteiger partial charge in [0.05, 0.1) is 22.6 Å². The highest BCUT2D eigenvalue weighted by Gasteiger charge is 2.36. The second-order valence-electron chi connectivity index (χ2n) is 7.16. The van der Waals surface area contributed by atoms with Gasteiger partial charge in [-0.3, -0.25) is 19.3 Å². The van der Waals surface area contributed by atoms with Gasteiger partial charge in [0.1, 0.15) is 6.54 Å². The van der Waals surface area contributed by atoms with E-state index in [0.717, 1.165) is 28.0 Å². The Morgan fingerprint density at radius 2 is 2.00 bits per heavy atom. The first-order chi connectivity index (χ1) is 16.4. The Morgan fingerprint density at radius 3 is 2.71 bits per heavy atom. The maximum atomic E-state index is 12.9. The van der Waals surface area contributed by atoms with Gasteiger partial charge < -0.3 is 14.8 Å². The lowest BCUT2D eigenvalue weighted by atomic mass is 10.2. The van der Waals surface area contributed by atoms with Gasteiger partial charge in [-0.05, 0) is 89.3 Å². The molecule has 1 heterocycles. The van der Waals surface area contributed by atoms with Crippen LogP contribution in [0, 0.1) is 0 Å². The third kappa shape index (κ3) is 6.58. The number of halogens is 1. The third-order valence-electron chi connectivity index (χ3n) is 4.61. The number of anilines is 1. The summed E-state index contributed by atoms with van der Waals surface area (Å²) in [7, 11) is 0. The van der Waals surface area contributed by atoms with E-state index < -0.39 is 17.1 Å². The van der Waals surface area contributed by atoms with E-state index >= 15 is 0 Å². The van der Waals surface area contributed by atoms with E-state index in [2.05, 4.69) is 21.2 Å².